The Labute approximate surface area is 185 Å². The molecule has 0 aromatic heterocycles. The molecule has 1 heterocycles. The van der Waals surface area contributed by atoms with E-state index in [1.165, 1.54) is 4.31 Å². The number of rotatable bonds is 6. The van der Waals surface area contributed by atoms with Crippen LogP contribution < -0.4 is 10.1 Å². The number of carbonyl (C=O) groups excluding carboxylic acids is 1. The van der Waals surface area contributed by atoms with Gasteiger partial charge in [-0.2, -0.15) is 4.31 Å². The highest BCUT2D eigenvalue weighted by molar-refractivity contribution is 7.89. The van der Waals surface area contributed by atoms with E-state index < -0.39 is 22.2 Å². The van der Waals surface area contributed by atoms with Crippen LogP contribution in [0.5, 0.6) is 5.75 Å². The van der Waals surface area contributed by atoms with Crippen molar-refractivity contribution in [1.82, 2.24) is 14.5 Å². The lowest BCUT2D eigenvalue weighted by atomic mass is 10.0. The molecule has 1 aromatic carbocycles. The van der Waals surface area contributed by atoms with Gasteiger partial charge in [-0.15, -0.1) is 0 Å². The van der Waals surface area contributed by atoms with Crippen molar-refractivity contribution >= 4 is 22.1 Å². The third-order valence-electron chi connectivity index (χ3n) is 5.26. The van der Waals surface area contributed by atoms with Crippen LogP contribution in [0.15, 0.2) is 29.2 Å². The Morgan fingerprint density at radius 1 is 1.39 bits per heavy atom. The van der Waals surface area contributed by atoms with Crippen molar-refractivity contribution in [3.63, 3.8) is 0 Å². The first-order valence-electron chi connectivity index (χ1n) is 10.6. The first-order chi connectivity index (χ1) is 14.5. The summed E-state index contributed by atoms with van der Waals surface area (Å²) in [5.41, 5.74) is 0.816. The van der Waals surface area contributed by atoms with E-state index in [4.69, 9.17) is 4.74 Å². The monoisotopic (exact) mass is 453 g/mol. The highest BCUT2D eigenvalue weighted by Crippen LogP contribution is 2.34. The molecule has 0 spiro atoms. The zero-order valence-corrected chi connectivity index (χ0v) is 20.0. The second-order valence-corrected chi connectivity index (χ2v) is 10.3. The molecule has 0 saturated heterocycles. The predicted molar refractivity (Wildman–Crippen MR) is 121 cm³/mol. The summed E-state index contributed by atoms with van der Waals surface area (Å²) in [7, 11) is -2.18. The van der Waals surface area contributed by atoms with Crippen molar-refractivity contribution in [2.75, 3.05) is 26.7 Å². The Bertz CT molecular complexity index is 900. The van der Waals surface area contributed by atoms with E-state index in [0.29, 0.717) is 0 Å². The maximum absolute atomic E-state index is 13.4. The predicted octanol–water partition coefficient (Wildman–Crippen LogP) is 2.54. The summed E-state index contributed by atoms with van der Waals surface area (Å²) < 4.78 is 34.3. The summed E-state index contributed by atoms with van der Waals surface area (Å²) in [6, 6.07) is 4.16. The lowest BCUT2D eigenvalue weighted by Crippen LogP contribution is -2.51. The molecule has 1 aliphatic heterocycles. The molecule has 8 nitrogen and oxygen atoms in total. The molecular weight excluding hydrogens is 418 g/mol. The number of benzene rings is 1. The van der Waals surface area contributed by atoms with Crippen LogP contribution in [-0.4, -0.2) is 73.7 Å². The first kappa shape index (κ1) is 25.2. The number of urea groups is 1. The van der Waals surface area contributed by atoms with Gasteiger partial charge in [0.1, 0.15) is 16.7 Å². The number of hydrogen-bond donors (Lipinski definition) is 2. The number of amides is 2. The molecule has 0 radical (unpaired) electrons. The SMILES string of the molecule is C/C=C/c1ccc2c(c1)O[C@H](CN(C)C(=O)NC(C)C)[C@H](C)CN([C@H](C)CO)S2(=O)=O. The van der Waals surface area contributed by atoms with Crippen molar-refractivity contribution in [3.05, 3.63) is 29.8 Å². The van der Waals surface area contributed by atoms with E-state index >= 15 is 0 Å². The van der Waals surface area contributed by atoms with E-state index in [1.807, 2.05) is 39.8 Å². The summed E-state index contributed by atoms with van der Waals surface area (Å²) in [5, 5.41) is 12.5. The molecule has 0 fully saturated rings. The maximum atomic E-state index is 13.4. The van der Waals surface area contributed by atoms with Gasteiger partial charge in [-0.1, -0.05) is 25.1 Å². The Morgan fingerprint density at radius 2 is 2.06 bits per heavy atom. The average molecular weight is 454 g/mol. The van der Waals surface area contributed by atoms with E-state index in [2.05, 4.69) is 5.32 Å². The normalized spacial score (nSPS) is 22.3. The molecule has 1 aliphatic rings. The van der Waals surface area contributed by atoms with Gasteiger partial charge >= 0.3 is 6.03 Å². The lowest BCUT2D eigenvalue weighted by molar-refractivity contribution is 0.0810. The first-order valence-corrected chi connectivity index (χ1v) is 12.0. The van der Waals surface area contributed by atoms with Gasteiger partial charge in [0.15, 0.2) is 0 Å². The molecule has 2 amide bonds. The van der Waals surface area contributed by atoms with Crippen molar-refractivity contribution in [1.29, 1.82) is 0 Å². The van der Waals surface area contributed by atoms with E-state index in [1.54, 1.807) is 37.1 Å². The van der Waals surface area contributed by atoms with Crippen LogP contribution in [0.4, 0.5) is 4.79 Å². The van der Waals surface area contributed by atoms with Crippen LogP contribution in [0.1, 0.15) is 40.2 Å². The highest BCUT2D eigenvalue weighted by atomic mass is 32.2. The summed E-state index contributed by atoms with van der Waals surface area (Å²) in [6.45, 7) is 9.40. The number of likely N-dealkylation sites (N-methyl/N-ethyl adjacent to an activating group) is 1. The molecule has 31 heavy (non-hydrogen) atoms. The summed E-state index contributed by atoms with van der Waals surface area (Å²) >= 11 is 0. The zero-order chi connectivity index (χ0) is 23.3. The second-order valence-electron chi connectivity index (χ2n) is 8.43. The standard InChI is InChI=1S/C22H35N3O5S/c1-7-8-18-9-10-21-19(11-18)30-20(13-24(6)22(27)23-15(2)3)16(4)12-25(17(5)14-26)31(21,28)29/h7-11,15-17,20,26H,12-14H2,1-6H3,(H,23,27)/b8-7+/t16-,17-,20-/m1/s1. The zero-order valence-electron chi connectivity index (χ0n) is 19.2. The van der Waals surface area contributed by atoms with Gasteiger partial charge in [0.2, 0.25) is 10.0 Å². The van der Waals surface area contributed by atoms with Crippen molar-refractivity contribution in [2.45, 2.75) is 57.7 Å². The van der Waals surface area contributed by atoms with Crippen molar-refractivity contribution in [3.8, 4) is 5.75 Å². The number of fused-ring (bicyclic) bond motifs is 1. The average Bonchev–Trinajstić information content (AvgIpc) is 2.69. The smallest absolute Gasteiger partial charge is 0.317 e. The van der Waals surface area contributed by atoms with Crippen LogP contribution in [0.2, 0.25) is 0 Å². The number of nitrogens with zero attached hydrogens (tertiary/aromatic N) is 2. The molecule has 1 aromatic rings. The molecule has 0 bridgehead atoms. The van der Waals surface area contributed by atoms with Crippen LogP contribution in [-0.2, 0) is 10.0 Å². The van der Waals surface area contributed by atoms with Gasteiger partial charge in [-0.05, 0) is 45.4 Å². The van der Waals surface area contributed by atoms with Crippen LogP contribution >= 0.6 is 0 Å². The highest BCUT2D eigenvalue weighted by Gasteiger charge is 2.38. The fourth-order valence-corrected chi connectivity index (χ4v) is 5.29. The van der Waals surface area contributed by atoms with E-state index in [9.17, 15) is 18.3 Å². The molecule has 2 N–H and O–H groups in total. The third-order valence-corrected chi connectivity index (χ3v) is 7.28. The number of sulfonamides is 1. The molecule has 0 saturated carbocycles. The van der Waals surface area contributed by atoms with E-state index in [-0.39, 0.29) is 48.3 Å². The van der Waals surface area contributed by atoms with Crippen LogP contribution in [0, 0.1) is 5.92 Å². The number of allylic oxidation sites excluding steroid dienone is 1. The van der Waals surface area contributed by atoms with Gasteiger partial charge in [0.05, 0.1) is 13.2 Å². The molecule has 3 atom stereocenters. The number of hydrogen-bond acceptors (Lipinski definition) is 5. The Morgan fingerprint density at radius 3 is 2.65 bits per heavy atom. The van der Waals surface area contributed by atoms with Crippen LogP contribution in [0.25, 0.3) is 6.08 Å². The fourth-order valence-electron chi connectivity index (χ4n) is 3.47. The summed E-state index contributed by atoms with van der Waals surface area (Å²) in [6.07, 6.45) is 3.29. The third kappa shape index (κ3) is 5.99. The number of ether oxygens (including phenoxy) is 1. The van der Waals surface area contributed by atoms with Crippen molar-refractivity contribution in [2.24, 2.45) is 5.92 Å². The second kappa shape index (κ2) is 10.5. The minimum atomic E-state index is -3.87. The molecule has 2 rings (SSSR count). The quantitative estimate of drug-likeness (QED) is 0.690. The fraction of sp³-hybridized carbons (Fsp3) is 0.591. The number of carbonyl (C=O) groups is 1. The number of nitrogens with one attached hydrogen (secondary N) is 1. The van der Waals surface area contributed by atoms with Crippen LogP contribution in [0.3, 0.4) is 0 Å². The topological polar surface area (TPSA) is 99.2 Å². The van der Waals surface area contributed by atoms with Gasteiger partial charge in [-0.3, -0.25) is 0 Å². The molecule has 9 heteroatoms. The Balaban J connectivity index is 2.50. The summed E-state index contributed by atoms with van der Waals surface area (Å²) in [5.74, 6) is 0.0246. The lowest BCUT2D eigenvalue weighted by Gasteiger charge is -2.37. The summed E-state index contributed by atoms with van der Waals surface area (Å²) in [4.78, 5) is 14.0. The Hall–Kier alpha value is -2.10. The van der Waals surface area contributed by atoms with Gasteiger partial charge in [-0.25, -0.2) is 13.2 Å². The minimum Gasteiger partial charge on any atom is -0.487 e. The minimum absolute atomic E-state index is 0.000721. The molecular formula is C22H35N3O5S. The van der Waals surface area contributed by atoms with Crippen molar-refractivity contribution < 1.29 is 23.1 Å². The van der Waals surface area contributed by atoms with Gasteiger partial charge < -0.3 is 20.1 Å². The number of aliphatic hydroxyl groups excluding tert-OH is 1. The van der Waals surface area contributed by atoms with E-state index in [0.717, 1.165) is 5.56 Å². The molecule has 0 aliphatic carbocycles. The number of aliphatic hydroxyl groups is 1. The largest absolute Gasteiger partial charge is 0.487 e. The molecule has 0 unspecified atom stereocenters. The Kier molecular flexibility index (Phi) is 8.50. The van der Waals surface area contributed by atoms with Gasteiger partial charge in [0, 0.05) is 31.6 Å². The molecule has 174 valence electrons. The maximum Gasteiger partial charge on any atom is 0.317 e. The van der Waals surface area contributed by atoms with Gasteiger partial charge in [0.25, 0.3) is 0 Å².